The van der Waals surface area contributed by atoms with Crippen LogP contribution in [0.25, 0.3) is 28.1 Å². The van der Waals surface area contributed by atoms with Crippen molar-refractivity contribution in [2.75, 3.05) is 0 Å². The molecule has 0 aliphatic heterocycles. The van der Waals surface area contributed by atoms with E-state index in [0.29, 0.717) is 17.2 Å². The molecule has 0 saturated carbocycles. The zero-order valence-corrected chi connectivity index (χ0v) is 12.5. The molecule has 24 heavy (non-hydrogen) atoms. The van der Waals surface area contributed by atoms with E-state index in [1.54, 1.807) is 36.7 Å². The second-order valence-corrected chi connectivity index (χ2v) is 5.25. The van der Waals surface area contributed by atoms with Gasteiger partial charge >= 0.3 is 0 Å². The van der Waals surface area contributed by atoms with Gasteiger partial charge in [0.1, 0.15) is 0 Å². The van der Waals surface area contributed by atoms with Gasteiger partial charge in [-0.1, -0.05) is 30.3 Å². The Morgan fingerprint density at radius 1 is 0.917 bits per heavy atom. The van der Waals surface area contributed by atoms with Crippen molar-refractivity contribution in [3.05, 3.63) is 83.2 Å². The number of fused-ring (bicyclic) bond motifs is 1. The maximum absolute atomic E-state index is 11.4. The number of rotatable bonds is 3. The highest BCUT2D eigenvalue weighted by Crippen LogP contribution is 2.35. The van der Waals surface area contributed by atoms with E-state index < -0.39 is 0 Å². The van der Waals surface area contributed by atoms with Gasteiger partial charge in [0.05, 0.1) is 21.7 Å². The Labute approximate surface area is 137 Å². The first-order chi connectivity index (χ1) is 11.8. The molecule has 116 valence electrons. The lowest BCUT2D eigenvalue weighted by atomic mass is 10.1. The molecule has 0 aliphatic rings. The molecule has 4 aromatic rings. The van der Waals surface area contributed by atoms with Crippen molar-refractivity contribution in [1.29, 1.82) is 0 Å². The molecule has 0 saturated heterocycles. The van der Waals surface area contributed by atoms with Crippen molar-refractivity contribution in [2.45, 2.75) is 0 Å². The van der Waals surface area contributed by atoms with Gasteiger partial charge in [-0.05, 0) is 24.3 Å². The topological polar surface area (TPSA) is 73.8 Å². The van der Waals surface area contributed by atoms with Crippen LogP contribution in [0.15, 0.2) is 73.1 Å². The molecule has 6 heteroatoms. The number of benzene rings is 2. The van der Waals surface area contributed by atoms with Gasteiger partial charge in [-0.2, -0.15) is 0 Å². The number of hydrogen-bond acceptors (Lipinski definition) is 4. The summed E-state index contributed by atoms with van der Waals surface area (Å²) in [5.74, 6) is 0.479. The number of aromatic nitrogens is 3. The third-order valence-electron chi connectivity index (χ3n) is 3.84. The average molecular weight is 316 g/mol. The van der Waals surface area contributed by atoms with E-state index >= 15 is 0 Å². The fraction of sp³-hybridized carbons (Fsp3) is 0. The van der Waals surface area contributed by atoms with Gasteiger partial charge < -0.3 is 0 Å². The van der Waals surface area contributed by atoms with Gasteiger partial charge in [0, 0.05) is 23.8 Å². The molecule has 0 bridgehead atoms. The van der Waals surface area contributed by atoms with Crippen molar-refractivity contribution >= 4 is 16.6 Å². The SMILES string of the molecule is O=[N+]([O-])c1ccccc1-c1cc2ccccc2n1-c1ncccn1. The number of nitro benzene ring substituents is 1. The first kappa shape index (κ1) is 14.1. The minimum absolute atomic E-state index is 0.0532. The summed E-state index contributed by atoms with van der Waals surface area (Å²) in [7, 11) is 0. The Morgan fingerprint density at radius 2 is 1.62 bits per heavy atom. The average Bonchev–Trinajstić information content (AvgIpc) is 3.01. The van der Waals surface area contributed by atoms with Crippen LogP contribution in [0.2, 0.25) is 0 Å². The third-order valence-corrected chi connectivity index (χ3v) is 3.84. The van der Waals surface area contributed by atoms with E-state index in [-0.39, 0.29) is 10.6 Å². The van der Waals surface area contributed by atoms with Crippen LogP contribution in [0.5, 0.6) is 0 Å². The van der Waals surface area contributed by atoms with Crippen molar-refractivity contribution < 1.29 is 4.92 Å². The van der Waals surface area contributed by atoms with Crippen LogP contribution in [-0.2, 0) is 0 Å². The second-order valence-electron chi connectivity index (χ2n) is 5.25. The predicted molar refractivity (Wildman–Crippen MR) is 91.0 cm³/mol. The molecular weight excluding hydrogens is 304 g/mol. The highest BCUT2D eigenvalue weighted by molar-refractivity contribution is 5.90. The number of nitrogens with zero attached hydrogens (tertiary/aromatic N) is 4. The summed E-state index contributed by atoms with van der Waals surface area (Å²) in [6.45, 7) is 0. The van der Waals surface area contributed by atoms with Crippen molar-refractivity contribution in [3.8, 4) is 17.2 Å². The normalized spacial score (nSPS) is 10.8. The monoisotopic (exact) mass is 316 g/mol. The van der Waals surface area contributed by atoms with Crippen LogP contribution in [0, 0.1) is 10.1 Å². The zero-order chi connectivity index (χ0) is 16.5. The lowest BCUT2D eigenvalue weighted by molar-refractivity contribution is -0.384. The second kappa shape index (κ2) is 5.58. The number of para-hydroxylation sites is 2. The quantitative estimate of drug-likeness (QED) is 0.423. The molecule has 0 unspecified atom stereocenters. The van der Waals surface area contributed by atoms with E-state index in [1.165, 1.54) is 6.07 Å². The van der Waals surface area contributed by atoms with E-state index in [0.717, 1.165) is 10.9 Å². The van der Waals surface area contributed by atoms with Crippen molar-refractivity contribution in [1.82, 2.24) is 14.5 Å². The first-order valence-corrected chi connectivity index (χ1v) is 7.37. The molecular formula is C18H12N4O2. The maximum Gasteiger partial charge on any atom is 0.278 e. The Balaban J connectivity index is 2.09. The summed E-state index contributed by atoms with van der Waals surface area (Å²) in [5.41, 5.74) is 2.18. The highest BCUT2D eigenvalue weighted by atomic mass is 16.6. The Bertz CT molecular complexity index is 1040. The highest BCUT2D eigenvalue weighted by Gasteiger charge is 2.20. The summed E-state index contributed by atoms with van der Waals surface area (Å²) >= 11 is 0. The van der Waals surface area contributed by atoms with Crippen LogP contribution >= 0.6 is 0 Å². The van der Waals surface area contributed by atoms with Crippen molar-refractivity contribution in [2.24, 2.45) is 0 Å². The summed E-state index contributed by atoms with van der Waals surface area (Å²) in [6, 6.07) is 18.1. The Morgan fingerprint density at radius 3 is 2.42 bits per heavy atom. The molecule has 0 amide bonds. The molecule has 2 heterocycles. The molecule has 4 rings (SSSR count). The van der Waals surface area contributed by atoms with E-state index in [9.17, 15) is 10.1 Å². The minimum atomic E-state index is -0.372. The van der Waals surface area contributed by atoms with Crippen molar-refractivity contribution in [3.63, 3.8) is 0 Å². The molecule has 2 aromatic carbocycles. The van der Waals surface area contributed by atoms with Crippen LogP contribution in [0.1, 0.15) is 0 Å². The maximum atomic E-state index is 11.4. The number of hydrogen-bond donors (Lipinski definition) is 0. The fourth-order valence-corrected chi connectivity index (χ4v) is 2.82. The lowest BCUT2D eigenvalue weighted by Crippen LogP contribution is -2.03. The van der Waals surface area contributed by atoms with Gasteiger partial charge in [0.2, 0.25) is 5.95 Å². The summed E-state index contributed by atoms with van der Waals surface area (Å²) in [5, 5.41) is 12.4. The molecule has 6 nitrogen and oxygen atoms in total. The lowest BCUT2D eigenvalue weighted by Gasteiger charge is -2.09. The number of nitro groups is 1. The van der Waals surface area contributed by atoms with E-state index in [1.807, 2.05) is 34.9 Å². The zero-order valence-electron chi connectivity index (χ0n) is 12.5. The van der Waals surface area contributed by atoms with Gasteiger partial charge in [-0.3, -0.25) is 14.7 Å². The van der Waals surface area contributed by atoms with E-state index in [4.69, 9.17) is 0 Å². The molecule has 2 aromatic heterocycles. The molecule has 0 radical (unpaired) electrons. The van der Waals surface area contributed by atoms with E-state index in [2.05, 4.69) is 9.97 Å². The third kappa shape index (κ3) is 2.21. The standard InChI is InChI=1S/C18H12N4O2/c23-22(24)16-9-4-2-7-14(16)17-12-13-6-1-3-8-15(13)21(17)18-19-10-5-11-20-18/h1-12H. The fourth-order valence-electron chi connectivity index (χ4n) is 2.82. The van der Waals surface area contributed by atoms with Crippen LogP contribution in [0.4, 0.5) is 5.69 Å². The smallest absolute Gasteiger partial charge is 0.278 e. The molecule has 0 atom stereocenters. The van der Waals surface area contributed by atoms with Gasteiger partial charge in [-0.25, -0.2) is 9.97 Å². The molecule has 0 fully saturated rings. The summed E-state index contributed by atoms with van der Waals surface area (Å²) in [6.07, 6.45) is 3.31. The largest absolute Gasteiger partial charge is 0.278 e. The van der Waals surface area contributed by atoms with Crippen LogP contribution < -0.4 is 0 Å². The molecule has 0 spiro atoms. The summed E-state index contributed by atoms with van der Waals surface area (Å²) < 4.78 is 1.84. The van der Waals surface area contributed by atoms with Crippen LogP contribution in [-0.4, -0.2) is 19.5 Å². The molecule has 0 N–H and O–H groups in total. The minimum Gasteiger partial charge on any atom is -0.278 e. The van der Waals surface area contributed by atoms with Gasteiger partial charge in [0.15, 0.2) is 0 Å². The first-order valence-electron chi connectivity index (χ1n) is 7.37. The Hall–Kier alpha value is -3.54. The molecule has 0 aliphatic carbocycles. The van der Waals surface area contributed by atoms with Crippen LogP contribution in [0.3, 0.4) is 0 Å². The summed E-state index contributed by atoms with van der Waals surface area (Å²) in [4.78, 5) is 19.7. The van der Waals surface area contributed by atoms with Gasteiger partial charge in [0.25, 0.3) is 5.69 Å². The predicted octanol–water partition coefficient (Wildman–Crippen LogP) is 4.00. The van der Waals surface area contributed by atoms with Gasteiger partial charge in [-0.15, -0.1) is 0 Å². The Kier molecular flexibility index (Phi) is 3.28.